The first kappa shape index (κ1) is 14.4. The zero-order valence-electron chi connectivity index (χ0n) is 13.0. The molecule has 122 valence electrons. The van der Waals surface area contributed by atoms with Crippen LogP contribution in [-0.4, -0.2) is 72.0 Å². The average molecular weight is 399 g/mol. The van der Waals surface area contributed by atoms with Gasteiger partial charge in [0.05, 0.1) is 0 Å². The van der Waals surface area contributed by atoms with E-state index >= 15 is 0 Å². The first-order valence-corrected chi connectivity index (χ1v) is 9.02. The molecule has 1 aromatic carbocycles. The number of amides is 4. The molecule has 2 aliphatic rings. The van der Waals surface area contributed by atoms with E-state index < -0.39 is 38.1 Å². The van der Waals surface area contributed by atoms with Crippen molar-refractivity contribution in [2.45, 2.75) is 0 Å². The zero-order chi connectivity index (χ0) is 17.6. The second-order valence-corrected chi connectivity index (χ2v) is 7.99. The average Bonchev–Trinajstić information content (AvgIpc) is 3.01. The van der Waals surface area contributed by atoms with Crippen molar-refractivity contribution in [1.82, 2.24) is 19.8 Å². The summed E-state index contributed by atoms with van der Waals surface area (Å²) in [5.41, 5.74) is 1.07. The van der Waals surface area contributed by atoms with Gasteiger partial charge in [0.2, 0.25) is 0 Å². The minimum absolute atomic E-state index is 0.251. The van der Waals surface area contributed by atoms with Crippen molar-refractivity contribution in [3.05, 3.63) is 32.4 Å². The Labute approximate surface area is 145 Å². The van der Waals surface area contributed by atoms with E-state index in [0.717, 1.165) is 9.80 Å². The Morgan fingerprint density at radius 2 is 1.12 bits per heavy atom. The van der Waals surface area contributed by atoms with Crippen molar-refractivity contribution in [2.75, 3.05) is 14.1 Å². The van der Waals surface area contributed by atoms with Gasteiger partial charge in [-0.15, -0.1) is 0 Å². The number of fused-ring (bicyclic) bond motifs is 3. The molecule has 0 fully saturated rings. The molecule has 0 radical (unpaired) electrons. The summed E-state index contributed by atoms with van der Waals surface area (Å²) >= 11 is -0.582. The monoisotopic (exact) mass is 400 g/mol. The topological polar surface area (TPSA) is 101 Å². The van der Waals surface area contributed by atoms with Crippen molar-refractivity contribution in [3.8, 4) is 0 Å². The molecule has 2 aliphatic heterocycles. The van der Waals surface area contributed by atoms with Crippen LogP contribution in [0.3, 0.4) is 0 Å². The molecule has 0 saturated carbocycles. The van der Waals surface area contributed by atoms with Crippen LogP contribution in [0, 0.1) is 0 Å². The van der Waals surface area contributed by atoms with Crippen molar-refractivity contribution >= 4 is 59.9 Å². The predicted octanol–water partition coefficient (Wildman–Crippen LogP) is 0.292. The molecule has 4 amide bonds. The molecule has 0 unspecified atom stereocenters. The first-order chi connectivity index (χ1) is 11.9. The molecule has 3 aromatic rings. The molecular formula is C16H8N4O4Se. The number of carbonyl (C=O) groups excluding carboxylic acids is 4. The summed E-state index contributed by atoms with van der Waals surface area (Å²) in [5, 5.41) is 0.807. The van der Waals surface area contributed by atoms with Gasteiger partial charge in [0, 0.05) is 0 Å². The van der Waals surface area contributed by atoms with Crippen LogP contribution in [0.5, 0.6) is 0 Å². The van der Waals surface area contributed by atoms with Crippen molar-refractivity contribution in [3.63, 3.8) is 0 Å². The Morgan fingerprint density at radius 1 is 0.720 bits per heavy atom. The van der Waals surface area contributed by atoms with Crippen LogP contribution < -0.4 is 0 Å². The maximum absolute atomic E-state index is 12.8. The van der Waals surface area contributed by atoms with Crippen molar-refractivity contribution < 1.29 is 19.2 Å². The standard InChI is InChI=1S/C16H8N4O4Se/c1-19-13(21)7-5-6-8(10-9(7)17-3-4-18-10)14(22)20(2)16(24)12(6)25-11(5)15(19)23/h3-4H,1-2H3. The maximum atomic E-state index is 12.8. The Hall–Kier alpha value is -2.90. The van der Waals surface area contributed by atoms with E-state index in [2.05, 4.69) is 9.97 Å². The molecule has 0 aliphatic carbocycles. The van der Waals surface area contributed by atoms with Crippen LogP contribution in [0.2, 0.25) is 0 Å². The Balaban J connectivity index is 2.15. The van der Waals surface area contributed by atoms with Gasteiger partial charge in [-0.1, -0.05) is 0 Å². The van der Waals surface area contributed by atoms with Crippen LogP contribution in [0.15, 0.2) is 12.4 Å². The molecule has 25 heavy (non-hydrogen) atoms. The summed E-state index contributed by atoms with van der Waals surface area (Å²) in [5.74, 6) is -1.83. The van der Waals surface area contributed by atoms with Gasteiger partial charge in [-0.05, 0) is 0 Å². The summed E-state index contributed by atoms with van der Waals surface area (Å²) in [4.78, 5) is 61.3. The number of carbonyl (C=O) groups is 4. The van der Waals surface area contributed by atoms with Gasteiger partial charge in [0.15, 0.2) is 0 Å². The molecule has 4 heterocycles. The van der Waals surface area contributed by atoms with E-state index in [0.29, 0.717) is 19.6 Å². The molecular weight excluding hydrogens is 391 g/mol. The second-order valence-electron chi connectivity index (χ2n) is 5.85. The Kier molecular flexibility index (Phi) is 2.53. The van der Waals surface area contributed by atoms with E-state index in [1.54, 1.807) is 0 Å². The van der Waals surface area contributed by atoms with Gasteiger partial charge in [-0.25, -0.2) is 0 Å². The van der Waals surface area contributed by atoms with Gasteiger partial charge in [-0.3, -0.25) is 0 Å². The number of rotatable bonds is 0. The fourth-order valence-electron chi connectivity index (χ4n) is 3.39. The second kappa shape index (κ2) is 4.38. The normalized spacial score (nSPS) is 16.6. The fourth-order valence-corrected chi connectivity index (χ4v) is 6.05. The third-order valence-corrected chi connectivity index (χ3v) is 7.06. The first-order valence-electron chi connectivity index (χ1n) is 7.31. The van der Waals surface area contributed by atoms with E-state index in [-0.39, 0.29) is 22.2 Å². The van der Waals surface area contributed by atoms with E-state index in [1.807, 2.05) is 0 Å². The number of imide groups is 2. The van der Waals surface area contributed by atoms with Gasteiger partial charge in [0.1, 0.15) is 0 Å². The third kappa shape index (κ3) is 1.48. The van der Waals surface area contributed by atoms with E-state index in [9.17, 15) is 19.2 Å². The van der Waals surface area contributed by atoms with Gasteiger partial charge in [0.25, 0.3) is 0 Å². The summed E-state index contributed by atoms with van der Waals surface area (Å²) < 4.78 is 0.833. The van der Waals surface area contributed by atoms with Crippen molar-refractivity contribution in [1.29, 1.82) is 0 Å². The molecule has 8 nitrogen and oxygen atoms in total. The number of hydrogen-bond donors (Lipinski definition) is 0. The summed E-state index contributed by atoms with van der Waals surface area (Å²) in [6.07, 6.45) is 2.88. The summed E-state index contributed by atoms with van der Waals surface area (Å²) in [7, 11) is 2.81. The van der Waals surface area contributed by atoms with Crippen LogP contribution in [-0.2, 0) is 0 Å². The quantitative estimate of drug-likeness (QED) is 0.398. The Morgan fingerprint density at radius 3 is 1.52 bits per heavy atom. The summed E-state index contributed by atoms with van der Waals surface area (Å²) in [6.45, 7) is 0. The molecule has 9 heteroatoms. The zero-order valence-corrected chi connectivity index (χ0v) is 14.7. The van der Waals surface area contributed by atoms with E-state index in [1.165, 1.54) is 26.5 Å². The van der Waals surface area contributed by atoms with Crippen LogP contribution in [0.1, 0.15) is 39.2 Å². The molecule has 2 aromatic heterocycles. The molecule has 5 rings (SSSR count). The van der Waals surface area contributed by atoms with Gasteiger partial charge < -0.3 is 0 Å². The molecule has 0 N–H and O–H groups in total. The number of nitrogens with zero attached hydrogens (tertiary/aromatic N) is 4. The van der Waals surface area contributed by atoms with E-state index in [4.69, 9.17) is 0 Å². The van der Waals surface area contributed by atoms with Gasteiger partial charge >= 0.3 is 145 Å². The molecule has 0 saturated heterocycles. The predicted molar refractivity (Wildman–Crippen MR) is 86.8 cm³/mol. The fraction of sp³-hybridized carbons (Fsp3) is 0.125. The SMILES string of the molecule is CN1C(=O)c2[se]c3c4c(c5nccnc5c(c24)C1=O)C(=O)N(C)C3=O. The number of benzene rings is 1. The molecule has 0 spiro atoms. The minimum atomic E-state index is -0.582. The molecule has 0 bridgehead atoms. The van der Waals surface area contributed by atoms with Crippen LogP contribution in [0.4, 0.5) is 0 Å². The number of hydrogen-bond acceptors (Lipinski definition) is 6. The van der Waals surface area contributed by atoms with Gasteiger partial charge in [-0.2, -0.15) is 0 Å². The van der Waals surface area contributed by atoms with Crippen LogP contribution in [0.25, 0.3) is 21.8 Å². The van der Waals surface area contributed by atoms with Crippen molar-refractivity contribution in [2.24, 2.45) is 0 Å². The third-order valence-electron chi connectivity index (χ3n) is 4.61. The Bertz CT molecular complexity index is 1120. The number of aromatic nitrogens is 2. The molecule has 0 atom stereocenters. The summed E-state index contributed by atoms with van der Waals surface area (Å²) in [6, 6.07) is 0. The van der Waals surface area contributed by atoms with Crippen LogP contribution >= 0.6 is 0 Å².